The summed E-state index contributed by atoms with van der Waals surface area (Å²) < 4.78 is 2.26. The van der Waals surface area contributed by atoms with E-state index in [4.69, 9.17) is 9.97 Å². The minimum absolute atomic E-state index is 0.653. The maximum Gasteiger partial charge on any atom is 0.235 e. The molecule has 0 aliphatic carbocycles. The molecule has 0 bridgehead atoms. The molecule has 0 amide bonds. The van der Waals surface area contributed by atoms with E-state index in [1.807, 2.05) is 0 Å². The van der Waals surface area contributed by atoms with Crippen LogP contribution in [0.1, 0.15) is 11.1 Å². The van der Waals surface area contributed by atoms with Crippen molar-refractivity contribution in [2.45, 2.75) is 13.8 Å². The van der Waals surface area contributed by atoms with Crippen LogP contribution in [0.2, 0.25) is 0 Å². The predicted octanol–water partition coefficient (Wildman–Crippen LogP) is 12.0. The zero-order valence-electron chi connectivity index (χ0n) is 27.8. The molecule has 10 aromatic rings. The van der Waals surface area contributed by atoms with E-state index < -0.39 is 0 Å². The van der Waals surface area contributed by atoms with Crippen molar-refractivity contribution in [3.8, 4) is 39.5 Å². The summed E-state index contributed by atoms with van der Waals surface area (Å²) in [4.78, 5) is 14.6. The molecule has 0 saturated carbocycles. The second-order valence-corrected chi connectivity index (χ2v) is 13.2. The Kier molecular flexibility index (Phi) is 6.27. The van der Waals surface area contributed by atoms with Gasteiger partial charge in [-0.05, 0) is 71.5 Å². The molecule has 0 aliphatic heterocycles. The molecule has 10 rings (SSSR count). The first-order valence-corrected chi connectivity index (χ1v) is 17.1. The van der Waals surface area contributed by atoms with E-state index in [9.17, 15) is 0 Å². The SMILES string of the molecule is Cc1ccccc1-c1cccc(-c2nc(-n3c4cc(-c5ccccc5)ccc4c4c5[nH]c6ccccc6c5ccc43)nc3ccccc23)c1C. The fourth-order valence-corrected chi connectivity index (χ4v) is 7.88. The Balaban J connectivity index is 1.30. The lowest BCUT2D eigenvalue weighted by molar-refractivity contribution is 1.01. The molecule has 0 saturated heterocycles. The van der Waals surface area contributed by atoms with Gasteiger partial charge < -0.3 is 4.98 Å². The maximum absolute atomic E-state index is 5.50. The number of nitrogens with zero attached hydrogens (tertiary/aromatic N) is 3. The molecular formula is C46H32N4. The Bertz CT molecular complexity index is 2950. The number of benzene rings is 7. The molecule has 4 nitrogen and oxygen atoms in total. The van der Waals surface area contributed by atoms with Gasteiger partial charge in [-0.15, -0.1) is 0 Å². The third kappa shape index (κ3) is 4.25. The van der Waals surface area contributed by atoms with E-state index in [2.05, 4.69) is 175 Å². The zero-order valence-corrected chi connectivity index (χ0v) is 27.8. The first-order valence-electron chi connectivity index (χ1n) is 17.1. The molecule has 0 spiro atoms. The standard InChI is InChI=1S/C46H32N4/c1-28-13-6-7-16-32(28)33-19-12-20-34(29(33)2)44-37-18-9-11-22-40(37)48-46(49-44)50-41-26-25-36-35-17-8-10-21-39(35)47-45(36)43(41)38-24-23-31(27-42(38)50)30-14-4-3-5-15-30/h3-27,47H,1-2H3. The van der Waals surface area contributed by atoms with Gasteiger partial charge in [-0.2, -0.15) is 0 Å². The topological polar surface area (TPSA) is 46.5 Å². The van der Waals surface area contributed by atoms with Crippen molar-refractivity contribution in [1.82, 2.24) is 19.5 Å². The van der Waals surface area contributed by atoms with E-state index in [-0.39, 0.29) is 0 Å². The summed E-state index contributed by atoms with van der Waals surface area (Å²) in [5.41, 5.74) is 14.6. The van der Waals surface area contributed by atoms with Gasteiger partial charge in [-0.1, -0.05) is 127 Å². The minimum atomic E-state index is 0.653. The van der Waals surface area contributed by atoms with Gasteiger partial charge in [0, 0.05) is 38.0 Å². The molecule has 0 radical (unpaired) electrons. The molecule has 0 aliphatic rings. The Labute approximate surface area is 289 Å². The lowest BCUT2D eigenvalue weighted by Crippen LogP contribution is -2.04. The van der Waals surface area contributed by atoms with Gasteiger partial charge in [-0.25, -0.2) is 9.97 Å². The van der Waals surface area contributed by atoms with Crippen molar-refractivity contribution in [3.05, 3.63) is 163 Å². The Hall–Kier alpha value is -6.52. The van der Waals surface area contributed by atoms with Crippen LogP contribution in [0.3, 0.4) is 0 Å². The number of aryl methyl sites for hydroxylation is 1. The largest absolute Gasteiger partial charge is 0.354 e. The smallest absolute Gasteiger partial charge is 0.235 e. The monoisotopic (exact) mass is 640 g/mol. The third-order valence-electron chi connectivity index (χ3n) is 10.3. The summed E-state index contributed by atoms with van der Waals surface area (Å²) >= 11 is 0. The predicted molar refractivity (Wildman–Crippen MR) is 209 cm³/mol. The number of rotatable bonds is 4. The number of hydrogen-bond donors (Lipinski definition) is 1. The average molecular weight is 641 g/mol. The van der Waals surface area contributed by atoms with Gasteiger partial charge in [0.2, 0.25) is 5.95 Å². The molecule has 50 heavy (non-hydrogen) atoms. The Morgan fingerprint density at radius 3 is 2.10 bits per heavy atom. The molecule has 7 aromatic carbocycles. The lowest BCUT2D eigenvalue weighted by atomic mass is 9.91. The number of hydrogen-bond acceptors (Lipinski definition) is 2. The summed E-state index contributed by atoms with van der Waals surface area (Å²) in [5.74, 6) is 0.653. The van der Waals surface area contributed by atoms with Gasteiger partial charge in [0.25, 0.3) is 0 Å². The van der Waals surface area contributed by atoms with Gasteiger partial charge in [0.05, 0.1) is 27.8 Å². The van der Waals surface area contributed by atoms with E-state index in [0.29, 0.717) is 5.95 Å². The highest BCUT2D eigenvalue weighted by atomic mass is 15.2. The van der Waals surface area contributed by atoms with Crippen LogP contribution in [0, 0.1) is 13.8 Å². The lowest BCUT2D eigenvalue weighted by Gasteiger charge is -2.16. The minimum Gasteiger partial charge on any atom is -0.354 e. The third-order valence-corrected chi connectivity index (χ3v) is 10.3. The van der Waals surface area contributed by atoms with Crippen LogP contribution in [0.15, 0.2) is 152 Å². The highest BCUT2D eigenvalue weighted by Gasteiger charge is 2.22. The summed E-state index contributed by atoms with van der Waals surface area (Å²) in [6.07, 6.45) is 0. The first kappa shape index (κ1) is 28.5. The number of para-hydroxylation sites is 2. The van der Waals surface area contributed by atoms with Crippen molar-refractivity contribution in [2.75, 3.05) is 0 Å². The zero-order chi connectivity index (χ0) is 33.3. The van der Waals surface area contributed by atoms with Crippen LogP contribution in [0.25, 0.3) is 94.0 Å². The summed E-state index contributed by atoms with van der Waals surface area (Å²) in [5, 5.41) is 5.80. The van der Waals surface area contributed by atoms with Crippen molar-refractivity contribution in [2.24, 2.45) is 0 Å². The van der Waals surface area contributed by atoms with E-state index in [0.717, 1.165) is 55.2 Å². The number of aromatic amines is 1. The summed E-state index contributed by atoms with van der Waals surface area (Å²) in [6.45, 7) is 4.39. The van der Waals surface area contributed by atoms with Crippen LogP contribution < -0.4 is 0 Å². The van der Waals surface area contributed by atoms with Gasteiger partial charge in [-0.3, -0.25) is 4.57 Å². The number of fused-ring (bicyclic) bond motifs is 8. The van der Waals surface area contributed by atoms with Crippen molar-refractivity contribution < 1.29 is 0 Å². The van der Waals surface area contributed by atoms with Crippen LogP contribution in [-0.4, -0.2) is 19.5 Å². The van der Waals surface area contributed by atoms with Crippen molar-refractivity contribution in [1.29, 1.82) is 0 Å². The van der Waals surface area contributed by atoms with E-state index >= 15 is 0 Å². The second kappa shape index (κ2) is 11.0. The molecular weight excluding hydrogens is 609 g/mol. The van der Waals surface area contributed by atoms with Gasteiger partial charge in [0.1, 0.15) is 0 Å². The van der Waals surface area contributed by atoms with Crippen LogP contribution in [-0.2, 0) is 0 Å². The molecule has 236 valence electrons. The van der Waals surface area contributed by atoms with Crippen LogP contribution in [0.4, 0.5) is 0 Å². The van der Waals surface area contributed by atoms with Gasteiger partial charge in [0.15, 0.2) is 0 Å². The molecule has 0 fully saturated rings. The highest BCUT2D eigenvalue weighted by molar-refractivity contribution is 6.25. The number of nitrogens with one attached hydrogen (secondary N) is 1. The van der Waals surface area contributed by atoms with Crippen LogP contribution in [0.5, 0.6) is 0 Å². The normalized spacial score (nSPS) is 11.8. The maximum atomic E-state index is 5.50. The van der Waals surface area contributed by atoms with E-state index in [1.165, 1.54) is 44.0 Å². The summed E-state index contributed by atoms with van der Waals surface area (Å²) in [7, 11) is 0. The summed E-state index contributed by atoms with van der Waals surface area (Å²) in [6, 6.07) is 53.9. The first-order chi connectivity index (χ1) is 24.6. The average Bonchev–Trinajstić information content (AvgIpc) is 3.71. The van der Waals surface area contributed by atoms with Crippen molar-refractivity contribution in [3.63, 3.8) is 0 Å². The second-order valence-electron chi connectivity index (χ2n) is 13.2. The molecule has 4 heteroatoms. The van der Waals surface area contributed by atoms with Crippen molar-refractivity contribution >= 4 is 54.5 Å². The number of H-pyrrole nitrogens is 1. The van der Waals surface area contributed by atoms with E-state index in [1.54, 1.807) is 0 Å². The Morgan fingerprint density at radius 1 is 0.500 bits per heavy atom. The molecule has 0 atom stereocenters. The molecule has 3 aromatic heterocycles. The van der Waals surface area contributed by atoms with Crippen LogP contribution >= 0.6 is 0 Å². The molecule has 0 unspecified atom stereocenters. The highest BCUT2D eigenvalue weighted by Crippen LogP contribution is 2.41. The molecule has 1 N–H and O–H groups in total. The molecule has 3 heterocycles. The fraction of sp³-hybridized carbons (Fsp3) is 0.0435. The van der Waals surface area contributed by atoms with Gasteiger partial charge >= 0.3 is 0 Å². The Morgan fingerprint density at radius 2 is 1.22 bits per heavy atom. The number of aromatic nitrogens is 4. The fourth-order valence-electron chi connectivity index (χ4n) is 7.88. The quantitative estimate of drug-likeness (QED) is 0.208.